The molecule has 1 aliphatic rings. The molecule has 122 valence electrons. The summed E-state index contributed by atoms with van der Waals surface area (Å²) in [6.45, 7) is 2.10. The second-order valence-electron chi connectivity index (χ2n) is 5.61. The van der Waals surface area contributed by atoms with Crippen LogP contribution in [0.5, 0.6) is 0 Å². The number of aromatic nitrogens is 1. The molecule has 0 saturated carbocycles. The number of halogens is 2. The monoisotopic (exact) mass is 382 g/mol. The number of aryl methyl sites for hydroxylation is 1. The molecule has 0 saturated heterocycles. The molecule has 3 rings (SSSR count). The normalized spacial score (nSPS) is 17.1. The highest BCUT2D eigenvalue weighted by Gasteiger charge is 2.30. The van der Waals surface area contributed by atoms with Crippen LogP contribution in [0.15, 0.2) is 10.5 Å². The minimum absolute atomic E-state index is 0.202. The van der Waals surface area contributed by atoms with Crippen LogP contribution in [-0.4, -0.2) is 23.5 Å². The number of hydrogen-bond donors (Lipinski definition) is 2. The highest BCUT2D eigenvalue weighted by atomic mass is 79.9. The number of fused-ring (bicyclic) bond motifs is 3. The van der Waals surface area contributed by atoms with Crippen molar-refractivity contribution in [2.45, 2.75) is 26.2 Å². The van der Waals surface area contributed by atoms with Crippen LogP contribution in [-0.2, 0) is 22.4 Å². The van der Waals surface area contributed by atoms with E-state index in [1.54, 1.807) is 6.92 Å². The van der Waals surface area contributed by atoms with Gasteiger partial charge in [-0.2, -0.15) is 0 Å². The van der Waals surface area contributed by atoms with Crippen molar-refractivity contribution in [2.24, 2.45) is 11.7 Å². The molecule has 1 aliphatic carbocycles. The molecule has 3 N–H and O–H groups in total. The number of rotatable bonds is 3. The van der Waals surface area contributed by atoms with E-state index in [4.69, 9.17) is 10.5 Å². The molecule has 1 heterocycles. The van der Waals surface area contributed by atoms with Gasteiger partial charge in [0.2, 0.25) is 0 Å². The zero-order valence-corrected chi connectivity index (χ0v) is 14.1. The summed E-state index contributed by atoms with van der Waals surface area (Å²) < 4.78 is 19.8. The lowest BCUT2D eigenvalue weighted by molar-refractivity contribution is -0.148. The molecular weight excluding hydrogens is 367 g/mol. The van der Waals surface area contributed by atoms with E-state index in [1.165, 1.54) is 6.07 Å². The van der Waals surface area contributed by atoms with E-state index >= 15 is 0 Å². The van der Waals surface area contributed by atoms with Crippen LogP contribution in [0.4, 0.5) is 4.39 Å². The third kappa shape index (κ3) is 2.63. The van der Waals surface area contributed by atoms with E-state index in [0.717, 1.165) is 11.3 Å². The number of H-pyrrole nitrogens is 1. The number of ether oxygens (including phenoxy) is 1. The quantitative estimate of drug-likeness (QED) is 0.800. The summed E-state index contributed by atoms with van der Waals surface area (Å²) in [5.74, 6) is -1.54. The molecular formula is C16H16BrFN2O3. The Morgan fingerprint density at radius 2 is 2.26 bits per heavy atom. The third-order valence-electron chi connectivity index (χ3n) is 4.24. The number of aromatic amines is 1. The number of nitrogens with one attached hydrogen (secondary N) is 1. The van der Waals surface area contributed by atoms with Crippen molar-refractivity contribution < 1.29 is 18.7 Å². The maximum Gasteiger partial charge on any atom is 0.309 e. The van der Waals surface area contributed by atoms with E-state index in [-0.39, 0.29) is 21.9 Å². The Morgan fingerprint density at radius 3 is 2.91 bits per heavy atom. The summed E-state index contributed by atoms with van der Waals surface area (Å²) in [6.07, 6.45) is 1.58. The molecule has 1 atom stereocenters. The van der Waals surface area contributed by atoms with Crippen molar-refractivity contribution in [1.82, 2.24) is 4.98 Å². The molecule has 0 fully saturated rings. The lowest BCUT2D eigenvalue weighted by atomic mass is 9.86. The first-order valence-electron chi connectivity index (χ1n) is 7.41. The van der Waals surface area contributed by atoms with Gasteiger partial charge >= 0.3 is 5.97 Å². The average Bonchev–Trinajstić information content (AvgIpc) is 2.89. The van der Waals surface area contributed by atoms with Gasteiger partial charge in [-0.25, -0.2) is 4.39 Å². The lowest BCUT2D eigenvalue weighted by Gasteiger charge is -2.20. The summed E-state index contributed by atoms with van der Waals surface area (Å²) in [7, 11) is 0. The molecule has 5 nitrogen and oxygen atoms in total. The Balaban J connectivity index is 2.11. The number of carbonyl (C=O) groups excluding carboxylic acids is 2. The number of benzene rings is 1. The van der Waals surface area contributed by atoms with E-state index in [1.807, 2.05) is 0 Å². The van der Waals surface area contributed by atoms with Crippen molar-refractivity contribution in [1.29, 1.82) is 0 Å². The number of amides is 1. The smallest absolute Gasteiger partial charge is 0.309 e. The van der Waals surface area contributed by atoms with Gasteiger partial charge in [0.1, 0.15) is 5.82 Å². The zero-order valence-electron chi connectivity index (χ0n) is 12.5. The standard InChI is InChI=1S/C16H16BrFN2O3/c1-2-23-16(22)7-3-4-8-11(5-7)20-14-9(15(19)21)6-10(17)13(18)12(8)14/h6-7,20H,2-5H2,1H3,(H2,19,21). The Morgan fingerprint density at radius 1 is 1.52 bits per heavy atom. The summed E-state index contributed by atoms with van der Waals surface area (Å²) >= 11 is 3.13. The first-order valence-corrected chi connectivity index (χ1v) is 8.21. The van der Waals surface area contributed by atoms with Gasteiger partial charge in [-0.1, -0.05) is 0 Å². The first-order chi connectivity index (χ1) is 10.9. The molecule has 1 aromatic heterocycles. The fourth-order valence-corrected chi connectivity index (χ4v) is 3.62. The number of primary amides is 1. The molecule has 1 unspecified atom stereocenters. The van der Waals surface area contributed by atoms with Crippen molar-refractivity contribution in [3.8, 4) is 0 Å². The van der Waals surface area contributed by atoms with Gasteiger partial charge in [0.15, 0.2) is 0 Å². The van der Waals surface area contributed by atoms with Gasteiger partial charge in [-0.15, -0.1) is 0 Å². The van der Waals surface area contributed by atoms with Crippen LogP contribution in [0.3, 0.4) is 0 Å². The summed E-state index contributed by atoms with van der Waals surface area (Å²) in [6, 6.07) is 1.38. The molecule has 7 heteroatoms. The van der Waals surface area contributed by atoms with E-state index in [9.17, 15) is 14.0 Å². The van der Waals surface area contributed by atoms with Crippen LogP contribution in [0.2, 0.25) is 0 Å². The Kier molecular flexibility index (Phi) is 4.14. The molecule has 0 radical (unpaired) electrons. The van der Waals surface area contributed by atoms with Gasteiger partial charge in [-0.3, -0.25) is 9.59 Å². The van der Waals surface area contributed by atoms with Crippen LogP contribution in [0.25, 0.3) is 10.9 Å². The van der Waals surface area contributed by atoms with Crippen LogP contribution in [0, 0.1) is 11.7 Å². The fourth-order valence-electron chi connectivity index (χ4n) is 3.19. The van der Waals surface area contributed by atoms with E-state index < -0.39 is 11.7 Å². The third-order valence-corrected chi connectivity index (χ3v) is 4.82. The lowest BCUT2D eigenvalue weighted by Crippen LogP contribution is -2.24. The maximum atomic E-state index is 14.5. The number of carbonyl (C=O) groups is 2. The predicted octanol–water partition coefficient (Wildman–Crippen LogP) is 2.84. The topological polar surface area (TPSA) is 85.2 Å². The predicted molar refractivity (Wildman–Crippen MR) is 86.6 cm³/mol. The van der Waals surface area contributed by atoms with Crippen LogP contribution >= 0.6 is 15.9 Å². The van der Waals surface area contributed by atoms with Crippen molar-refractivity contribution in [3.63, 3.8) is 0 Å². The summed E-state index contributed by atoms with van der Waals surface area (Å²) in [5.41, 5.74) is 7.60. The first kappa shape index (κ1) is 16.0. The highest BCUT2D eigenvalue weighted by Crippen LogP contribution is 2.37. The van der Waals surface area contributed by atoms with E-state index in [2.05, 4.69) is 20.9 Å². The molecule has 2 aromatic rings. The SMILES string of the molecule is CCOC(=O)C1CCc2c([nH]c3c(C(N)=O)cc(Br)c(F)c23)C1. The number of nitrogens with two attached hydrogens (primary N) is 1. The Hall–Kier alpha value is -1.89. The molecule has 0 bridgehead atoms. The Labute approximate surface area is 140 Å². The van der Waals surface area contributed by atoms with Gasteiger partial charge in [0.05, 0.1) is 28.1 Å². The van der Waals surface area contributed by atoms with Gasteiger partial charge in [0.25, 0.3) is 5.91 Å². The van der Waals surface area contributed by atoms with Gasteiger partial charge in [-0.05, 0) is 47.3 Å². The number of hydrogen-bond acceptors (Lipinski definition) is 3. The minimum Gasteiger partial charge on any atom is -0.466 e. The van der Waals surface area contributed by atoms with Crippen LogP contribution < -0.4 is 5.73 Å². The molecule has 0 aliphatic heterocycles. The minimum atomic E-state index is -0.628. The fraction of sp³-hybridized carbons (Fsp3) is 0.375. The zero-order chi connectivity index (χ0) is 16.7. The van der Waals surface area contributed by atoms with Gasteiger partial charge in [0, 0.05) is 17.5 Å². The molecule has 1 aromatic carbocycles. The molecule has 1 amide bonds. The second kappa shape index (κ2) is 5.96. The number of esters is 1. The van der Waals surface area contributed by atoms with E-state index in [0.29, 0.717) is 36.8 Å². The molecule has 23 heavy (non-hydrogen) atoms. The second-order valence-corrected chi connectivity index (χ2v) is 6.46. The Bertz CT molecular complexity index is 815. The van der Waals surface area contributed by atoms with Gasteiger partial charge < -0.3 is 15.5 Å². The highest BCUT2D eigenvalue weighted by molar-refractivity contribution is 9.10. The largest absolute Gasteiger partial charge is 0.466 e. The maximum absolute atomic E-state index is 14.5. The van der Waals surface area contributed by atoms with Crippen LogP contribution in [0.1, 0.15) is 35.0 Å². The average molecular weight is 383 g/mol. The summed E-state index contributed by atoms with van der Waals surface area (Å²) in [5, 5.41) is 0.380. The summed E-state index contributed by atoms with van der Waals surface area (Å²) in [4.78, 5) is 26.7. The van der Waals surface area contributed by atoms with Crippen molar-refractivity contribution in [2.75, 3.05) is 6.61 Å². The van der Waals surface area contributed by atoms with Crippen molar-refractivity contribution in [3.05, 3.63) is 33.2 Å². The van der Waals surface area contributed by atoms with Crippen molar-refractivity contribution >= 4 is 38.7 Å². The molecule has 0 spiro atoms.